The summed E-state index contributed by atoms with van der Waals surface area (Å²) in [6, 6.07) is 8.79. The van der Waals surface area contributed by atoms with Gasteiger partial charge in [-0.2, -0.15) is 0 Å². The van der Waals surface area contributed by atoms with Gasteiger partial charge in [-0.25, -0.2) is 4.98 Å². The molecule has 1 fully saturated rings. The molecule has 2 unspecified atom stereocenters. The van der Waals surface area contributed by atoms with E-state index in [9.17, 15) is 4.79 Å². The Bertz CT molecular complexity index is 816. The van der Waals surface area contributed by atoms with E-state index in [0.717, 1.165) is 43.2 Å². The van der Waals surface area contributed by atoms with E-state index in [2.05, 4.69) is 49.7 Å². The molecule has 1 aromatic heterocycles. The normalized spacial score (nSPS) is 20.4. The van der Waals surface area contributed by atoms with Crippen LogP contribution in [0.1, 0.15) is 30.9 Å². The minimum absolute atomic E-state index is 0.128. The second-order valence-corrected chi connectivity index (χ2v) is 8.60. The molecule has 0 radical (unpaired) electrons. The van der Waals surface area contributed by atoms with Crippen molar-refractivity contribution < 1.29 is 9.21 Å². The van der Waals surface area contributed by atoms with Crippen LogP contribution in [-0.4, -0.2) is 77.9 Å². The van der Waals surface area contributed by atoms with Gasteiger partial charge in [-0.3, -0.25) is 9.69 Å². The third-order valence-electron chi connectivity index (χ3n) is 5.77. The topological polar surface area (TPSA) is 52.8 Å². The van der Waals surface area contributed by atoms with Crippen molar-refractivity contribution in [3.05, 3.63) is 41.3 Å². The van der Waals surface area contributed by atoms with Gasteiger partial charge in [-0.1, -0.05) is 17.7 Å². The van der Waals surface area contributed by atoms with Crippen molar-refractivity contribution in [1.82, 2.24) is 19.7 Å². The second kappa shape index (κ2) is 9.09. The molecule has 6 nitrogen and oxygen atoms in total. The van der Waals surface area contributed by atoms with Crippen LogP contribution in [0.5, 0.6) is 0 Å². The van der Waals surface area contributed by atoms with Crippen molar-refractivity contribution in [3.63, 3.8) is 0 Å². The number of aromatic nitrogens is 1. The fourth-order valence-corrected chi connectivity index (χ4v) is 3.98. The van der Waals surface area contributed by atoms with E-state index in [1.165, 1.54) is 5.56 Å². The van der Waals surface area contributed by atoms with Gasteiger partial charge in [0.05, 0.1) is 12.1 Å². The van der Waals surface area contributed by atoms with Gasteiger partial charge >= 0.3 is 0 Å². The number of hydrogen-bond acceptors (Lipinski definition) is 5. The molecule has 0 spiro atoms. The first-order chi connectivity index (χ1) is 13.7. The summed E-state index contributed by atoms with van der Waals surface area (Å²) in [6.07, 6.45) is 0.290. The largest absolute Gasteiger partial charge is 0.441 e. The highest BCUT2D eigenvalue weighted by molar-refractivity contribution is 5.79. The Kier molecular flexibility index (Phi) is 6.75. The summed E-state index contributed by atoms with van der Waals surface area (Å²) in [5, 5.41) is 0. The maximum atomic E-state index is 13.0. The number of likely N-dealkylation sites (N-methyl/N-ethyl adjacent to an activating group) is 1. The van der Waals surface area contributed by atoms with Gasteiger partial charge in [0.25, 0.3) is 0 Å². The molecule has 2 heterocycles. The Labute approximate surface area is 174 Å². The Hall–Kier alpha value is -2.18. The van der Waals surface area contributed by atoms with Gasteiger partial charge in [0.1, 0.15) is 5.76 Å². The highest BCUT2D eigenvalue weighted by atomic mass is 16.4. The van der Waals surface area contributed by atoms with Crippen LogP contribution in [0, 0.1) is 13.8 Å². The summed E-state index contributed by atoms with van der Waals surface area (Å²) in [6.45, 7) is 11.9. The van der Waals surface area contributed by atoms with Crippen molar-refractivity contribution in [3.8, 4) is 11.5 Å². The average molecular weight is 399 g/mol. The molecular weight excluding hydrogens is 364 g/mol. The summed E-state index contributed by atoms with van der Waals surface area (Å²) in [5.41, 5.74) is 2.87. The number of piperazine rings is 1. The lowest BCUT2D eigenvalue weighted by molar-refractivity contribution is -0.135. The minimum atomic E-state index is 0.128. The number of aryl methyl sites for hydroxylation is 2. The van der Waals surface area contributed by atoms with E-state index in [1.54, 1.807) is 0 Å². The zero-order chi connectivity index (χ0) is 21.1. The summed E-state index contributed by atoms with van der Waals surface area (Å²) in [5.74, 6) is 1.43. The average Bonchev–Trinajstić information content (AvgIpc) is 3.01. The van der Waals surface area contributed by atoms with Crippen LogP contribution < -0.4 is 0 Å². The quantitative estimate of drug-likeness (QED) is 0.749. The summed E-state index contributed by atoms with van der Waals surface area (Å²) < 4.78 is 5.85. The SMILES string of the molecule is Cc1ccc(-c2nc(CC(=O)N3CC(C)N(CCN(C)C)C(C)C3)c(C)o2)cc1. The van der Waals surface area contributed by atoms with E-state index in [1.807, 2.05) is 36.1 Å². The highest BCUT2D eigenvalue weighted by Crippen LogP contribution is 2.23. The third kappa shape index (κ3) is 5.25. The van der Waals surface area contributed by atoms with Crippen LogP contribution >= 0.6 is 0 Å². The van der Waals surface area contributed by atoms with Gasteiger partial charge in [-0.05, 0) is 53.9 Å². The van der Waals surface area contributed by atoms with Gasteiger partial charge in [0, 0.05) is 43.8 Å². The molecule has 29 heavy (non-hydrogen) atoms. The van der Waals surface area contributed by atoms with Crippen molar-refractivity contribution in [2.75, 3.05) is 40.3 Å². The predicted molar refractivity (Wildman–Crippen MR) is 116 cm³/mol. The molecule has 1 amide bonds. The maximum Gasteiger partial charge on any atom is 0.228 e. The molecule has 158 valence electrons. The van der Waals surface area contributed by atoms with Gasteiger partial charge in [-0.15, -0.1) is 0 Å². The smallest absolute Gasteiger partial charge is 0.228 e. The first kappa shape index (κ1) is 21.5. The number of oxazole rings is 1. The van der Waals surface area contributed by atoms with Gasteiger partial charge in [0.15, 0.2) is 0 Å². The number of carbonyl (C=O) groups is 1. The first-order valence-corrected chi connectivity index (χ1v) is 10.5. The minimum Gasteiger partial charge on any atom is -0.441 e. The van der Waals surface area contributed by atoms with E-state index < -0.39 is 0 Å². The monoisotopic (exact) mass is 398 g/mol. The fraction of sp³-hybridized carbons (Fsp3) is 0.565. The number of benzene rings is 1. The summed E-state index contributed by atoms with van der Waals surface area (Å²) >= 11 is 0. The van der Waals surface area contributed by atoms with Gasteiger partial charge < -0.3 is 14.2 Å². The standard InChI is InChI=1S/C23H34N4O2/c1-16-7-9-20(10-8-16)23-24-21(19(4)29-23)13-22(28)26-14-17(2)27(18(3)15-26)12-11-25(5)6/h7-10,17-18H,11-15H2,1-6H3. The molecule has 3 rings (SSSR count). The zero-order valence-corrected chi connectivity index (χ0v) is 18.6. The van der Waals surface area contributed by atoms with Crippen molar-refractivity contribution in [2.45, 2.75) is 46.2 Å². The lowest BCUT2D eigenvalue weighted by Crippen LogP contribution is -2.59. The number of amides is 1. The van der Waals surface area contributed by atoms with Gasteiger partial charge in [0.2, 0.25) is 11.8 Å². The second-order valence-electron chi connectivity index (χ2n) is 8.60. The number of carbonyl (C=O) groups excluding carboxylic acids is 1. The van der Waals surface area contributed by atoms with Crippen molar-refractivity contribution in [1.29, 1.82) is 0 Å². The molecule has 1 aliphatic rings. The number of nitrogens with zero attached hydrogens (tertiary/aromatic N) is 4. The van der Waals surface area contributed by atoms with E-state index in [-0.39, 0.29) is 5.91 Å². The molecule has 0 N–H and O–H groups in total. The molecule has 1 saturated heterocycles. The van der Waals surface area contributed by atoms with E-state index >= 15 is 0 Å². The molecule has 0 bridgehead atoms. The molecule has 1 aromatic carbocycles. The van der Waals surface area contributed by atoms with Crippen LogP contribution in [0.2, 0.25) is 0 Å². The Balaban J connectivity index is 1.64. The van der Waals surface area contributed by atoms with E-state index in [4.69, 9.17) is 4.42 Å². The van der Waals surface area contributed by atoms with Crippen LogP contribution in [0.15, 0.2) is 28.7 Å². The number of rotatable bonds is 6. The molecule has 2 aromatic rings. The fourth-order valence-electron chi connectivity index (χ4n) is 3.98. The summed E-state index contributed by atoms with van der Waals surface area (Å²) in [7, 11) is 4.19. The molecule has 6 heteroatoms. The number of hydrogen-bond donors (Lipinski definition) is 0. The molecule has 0 aliphatic carbocycles. The third-order valence-corrected chi connectivity index (χ3v) is 5.77. The predicted octanol–water partition coefficient (Wildman–Crippen LogP) is 2.98. The van der Waals surface area contributed by atoms with Crippen LogP contribution in [0.3, 0.4) is 0 Å². The lowest BCUT2D eigenvalue weighted by atomic mass is 10.1. The van der Waals surface area contributed by atoms with Crippen LogP contribution in [0.25, 0.3) is 11.5 Å². The highest BCUT2D eigenvalue weighted by Gasteiger charge is 2.32. The molecule has 0 saturated carbocycles. The van der Waals surface area contributed by atoms with Crippen LogP contribution in [-0.2, 0) is 11.2 Å². The summed E-state index contributed by atoms with van der Waals surface area (Å²) in [4.78, 5) is 24.3. The molecular formula is C23H34N4O2. The maximum absolute atomic E-state index is 13.0. The van der Waals surface area contributed by atoms with Crippen molar-refractivity contribution in [2.24, 2.45) is 0 Å². The Morgan fingerprint density at radius 2 is 1.76 bits per heavy atom. The molecule has 2 atom stereocenters. The Morgan fingerprint density at radius 3 is 2.34 bits per heavy atom. The van der Waals surface area contributed by atoms with Crippen molar-refractivity contribution >= 4 is 5.91 Å². The van der Waals surface area contributed by atoms with E-state index in [0.29, 0.717) is 24.4 Å². The zero-order valence-electron chi connectivity index (χ0n) is 18.6. The lowest BCUT2D eigenvalue weighted by Gasteiger charge is -2.44. The molecule has 1 aliphatic heterocycles. The first-order valence-electron chi connectivity index (χ1n) is 10.5. The van der Waals surface area contributed by atoms with Crippen LogP contribution in [0.4, 0.5) is 0 Å². The Morgan fingerprint density at radius 1 is 1.14 bits per heavy atom.